The fourth-order valence-corrected chi connectivity index (χ4v) is 4.08. The Morgan fingerprint density at radius 1 is 1.15 bits per heavy atom. The minimum absolute atomic E-state index is 0.108. The normalized spacial score (nSPS) is 12.6. The Morgan fingerprint density at radius 3 is 2.71 bits per heavy atom. The molecular weight excluding hydrogens is 524 g/mol. The second kappa shape index (κ2) is 13.7. The number of aromatic nitrogens is 7. The topological polar surface area (TPSA) is 167 Å². The van der Waals surface area contributed by atoms with Crippen LogP contribution in [0.25, 0.3) is 12.2 Å². The first-order valence-electron chi connectivity index (χ1n) is 13.5. The summed E-state index contributed by atoms with van der Waals surface area (Å²) >= 11 is 0. The second-order valence-corrected chi connectivity index (χ2v) is 10.5. The average Bonchev–Trinajstić information content (AvgIpc) is 3.60. The maximum absolute atomic E-state index is 12.9. The molecule has 0 saturated carbocycles. The van der Waals surface area contributed by atoms with Gasteiger partial charge in [0.05, 0.1) is 17.7 Å². The molecule has 1 aromatic carbocycles. The molecule has 0 atom stereocenters. The van der Waals surface area contributed by atoms with E-state index >= 15 is 0 Å². The number of imidazole rings is 1. The van der Waals surface area contributed by atoms with Crippen LogP contribution in [0.4, 0.5) is 0 Å². The number of H-pyrrole nitrogens is 2. The lowest BCUT2D eigenvalue weighted by molar-refractivity contribution is -0.150. The number of rotatable bonds is 12. The molecule has 0 radical (unpaired) electrons. The summed E-state index contributed by atoms with van der Waals surface area (Å²) in [5.41, 5.74) is 8.05. The van der Waals surface area contributed by atoms with Crippen molar-refractivity contribution in [3.05, 3.63) is 86.6 Å². The van der Waals surface area contributed by atoms with Gasteiger partial charge in [0.2, 0.25) is 12.7 Å². The number of carbonyl (C=O) groups excluding carboxylic acids is 1. The van der Waals surface area contributed by atoms with Gasteiger partial charge in [-0.05, 0) is 43.5 Å². The zero-order chi connectivity index (χ0) is 29.2. The minimum Gasteiger partial charge on any atom is -0.438 e. The van der Waals surface area contributed by atoms with Crippen LogP contribution in [0.1, 0.15) is 62.7 Å². The van der Waals surface area contributed by atoms with Crippen molar-refractivity contribution >= 4 is 18.1 Å². The average molecular weight is 561 g/mol. The van der Waals surface area contributed by atoms with Crippen molar-refractivity contribution in [1.29, 1.82) is 0 Å². The standard InChI is InChI=1S/C29H36N8O4/c1-29(2,3)26-22(31-18-32-26)16-24-28(34-23(27(39)33-24)15-20-9-5-4-6-10-20)41-19-40-25(38)12-7-11-21-17-37(36-35-21)14-8-13-30/h4-6,9-10,15-18H,7-8,11-14,19,30H2,1-3H3,(H,31,32)(H,33,39)/b23-15-,24-16-. The molecule has 0 aliphatic heterocycles. The molecule has 4 aromatic rings. The van der Waals surface area contributed by atoms with E-state index in [0.29, 0.717) is 37.0 Å². The van der Waals surface area contributed by atoms with E-state index < -0.39 is 11.5 Å². The first-order valence-corrected chi connectivity index (χ1v) is 13.5. The lowest BCUT2D eigenvalue weighted by Crippen LogP contribution is -2.38. The molecule has 0 saturated heterocycles. The SMILES string of the molecule is CC(C)(C)c1[nH]cnc1/C=c1\[nH]c(=O)/c(=C/c2ccccc2)nc1OCOC(=O)CCCc1cn(CCCN)nn1. The summed E-state index contributed by atoms with van der Waals surface area (Å²) in [6.45, 7) is 7.09. The zero-order valence-electron chi connectivity index (χ0n) is 23.6. The van der Waals surface area contributed by atoms with Gasteiger partial charge >= 0.3 is 5.97 Å². The molecule has 3 heterocycles. The number of nitrogens with two attached hydrogens (primary N) is 1. The Bertz CT molecular complexity index is 1620. The number of nitrogens with one attached hydrogen (secondary N) is 2. The van der Waals surface area contributed by atoms with E-state index in [0.717, 1.165) is 23.4 Å². The van der Waals surface area contributed by atoms with Crippen LogP contribution in [-0.2, 0) is 27.9 Å². The molecule has 0 unspecified atom stereocenters. The lowest BCUT2D eigenvalue weighted by Gasteiger charge is -2.17. The van der Waals surface area contributed by atoms with Crippen LogP contribution in [0.5, 0.6) is 5.88 Å². The molecule has 12 nitrogen and oxygen atoms in total. The van der Waals surface area contributed by atoms with E-state index in [2.05, 4.69) is 51.0 Å². The van der Waals surface area contributed by atoms with E-state index in [1.807, 2.05) is 36.5 Å². The summed E-state index contributed by atoms with van der Waals surface area (Å²) in [4.78, 5) is 40.1. The van der Waals surface area contributed by atoms with E-state index in [1.54, 1.807) is 23.2 Å². The predicted molar refractivity (Wildman–Crippen MR) is 153 cm³/mol. The van der Waals surface area contributed by atoms with Gasteiger partial charge < -0.3 is 25.2 Å². The smallest absolute Gasteiger partial charge is 0.308 e. The molecule has 0 fully saturated rings. The fourth-order valence-electron chi connectivity index (χ4n) is 4.08. The number of hydrogen-bond acceptors (Lipinski definition) is 9. The number of ether oxygens (including phenoxy) is 2. The molecule has 12 heteroatoms. The van der Waals surface area contributed by atoms with Crippen LogP contribution in [0.2, 0.25) is 0 Å². The van der Waals surface area contributed by atoms with Crippen LogP contribution < -0.4 is 26.7 Å². The number of carbonyl (C=O) groups is 1. The van der Waals surface area contributed by atoms with Gasteiger partial charge in [0.25, 0.3) is 5.56 Å². The van der Waals surface area contributed by atoms with Gasteiger partial charge in [0.1, 0.15) is 10.7 Å². The van der Waals surface area contributed by atoms with Crippen molar-refractivity contribution < 1.29 is 14.3 Å². The maximum atomic E-state index is 12.9. The summed E-state index contributed by atoms with van der Waals surface area (Å²) < 4.78 is 12.8. The van der Waals surface area contributed by atoms with Crippen molar-refractivity contribution in [2.75, 3.05) is 13.3 Å². The molecule has 216 valence electrons. The van der Waals surface area contributed by atoms with Crippen molar-refractivity contribution in [3.63, 3.8) is 0 Å². The summed E-state index contributed by atoms with van der Waals surface area (Å²) in [5, 5.41) is 8.65. The van der Waals surface area contributed by atoms with Crippen LogP contribution in [-0.4, -0.2) is 54.2 Å². The van der Waals surface area contributed by atoms with Crippen molar-refractivity contribution in [1.82, 2.24) is 34.9 Å². The van der Waals surface area contributed by atoms with Gasteiger partial charge in [0.15, 0.2) is 0 Å². The van der Waals surface area contributed by atoms with Gasteiger partial charge in [-0.3, -0.25) is 14.3 Å². The summed E-state index contributed by atoms with van der Waals surface area (Å²) in [6.07, 6.45) is 8.96. The van der Waals surface area contributed by atoms with Crippen molar-refractivity contribution in [2.45, 2.75) is 58.4 Å². The highest BCUT2D eigenvalue weighted by Crippen LogP contribution is 2.23. The van der Waals surface area contributed by atoms with Crippen molar-refractivity contribution in [2.24, 2.45) is 5.73 Å². The molecule has 0 spiro atoms. The third-order valence-electron chi connectivity index (χ3n) is 6.14. The molecule has 3 aromatic heterocycles. The minimum atomic E-state index is -0.422. The number of hydrogen-bond donors (Lipinski definition) is 3. The van der Waals surface area contributed by atoms with E-state index in [1.165, 1.54) is 0 Å². The van der Waals surface area contributed by atoms with Crippen LogP contribution in [0, 0.1) is 0 Å². The quantitative estimate of drug-likeness (QED) is 0.171. The van der Waals surface area contributed by atoms with Gasteiger partial charge in [-0.25, -0.2) is 9.97 Å². The van der Waals surface area contributed by atoms with Gasteiger partial charge in [-0.2, -0.15) is 0 Å². The Balaban J connectivity index is 1.47. The Hall–Kier alpha value is -4.58. The highest BCUT2D eigenvalue weighted by Gasteiger charge is 2.19. The predicted octanol–water partition coefficient (Wildman–Crippen LogP) is 1.29. The van der Waals surface area contributed by atoms with Gasteiger partial charge in [-0.15, -0.1) is 5.10 Å². The van der Waals surface area contributed by atoms with E-state index in [-0.39, 0.29) is 29.9 Å². The van der Waals surface area contributed by atoms with Gasteiger partial charge in [-0.1, -0.05) is 56.3 Å². The lowest BCUT2D eigenvalue weighted by atomic mass is 9.90. The Labute approximate surface area is 237 Å². The van der Waals surface area contributed by atoms with Crippen LogP contribution in [0.15, 0.2) is 47.7 Å². The molecule has 0 aliphatic rings. The van der Waals surface area contributed by atoms with Crippen LogP contribution in [0.3, 0.4) is 0 Å². The monoisotopic (exact) mass is 560 g/mol. The molecular formula is C29H36N8O4. The number of aryl methyl sites for hydroxylation is 2. The van der Waals surface area contributed by atoms with Gasteiger partial charge in [0, 0.05) is 30.3 Å². The highest BCUT2D eigenvalue weighted by atomic mass is 16.7. The highest BCUT2D eigenvalue weighted by molar-refractivity contribution is 5.69. The number of nitrogens with zero attached hydrogens (tertiary/aromatic N) is 5. The summed E-state index contributed by atoms with van der Waals surface area (Å²) in [6, 6.07) is 9.36. The van der Waals surface area contributed by atoms with E-state index in [9.17, 15) is 9.59 Å². The molecule has 4 N–H and O–H groups in total. The Morgan fingerprint density at radius 2 is 1.95 bits per heavy atom. The molecule has 0 aliphatic carbocycles. The molecule has 4 rings (SSSR count). The maximum Gasteiger partial charge on any atom is 0.308 e. The second-order valence-electron chi connectivity index (χ2n) is 10.5. The largest absolute Gasteiger partial charge is 0.438 e. The summed E-state index contributed by atoms with van der Waals surface area (Å²) in [5.74, 6) is -0.314. The third kappa shape index (κ3) is 8.45. The summed E-state index contributed by atoms with van der Waals surface area (Å²) in [7, 11) is 0. The molecule has 0 bridgehead atoms. The number of aromatic amines is 2. The number of esters is 1. The fraction of sp³-hybridized carbons (Fsp3) is 0.379. The first kappa shape index (κ1) is 29.4. The van der Waals surface area contributed by atoms with E-state index in [4.69, 9.17) is 15.2 Å². The van der Waals surface area contributed by atoms with Crippen molar-refractivity contribution in [3.8, 4) is 5.88 Å². The third-order valence-corrected chi connectivity index (χ3v) is 6.14. The zero-order valence-corrected chi connectivity index (χ0v) is 23.6. The van der Waals surface area contributed by atoms with Crippen LogP contribution >= 0.6 is 0 Å². The molecule has 0 amide bonds. The Kier molecular flexibility index (Phi) is 9.80. The first-order chi connectivity index (χ1) is 19.7. The molecule has 41 heavy (non-hydrogen) atoms. The number of benzene rings is 1.